The zero-order valence-corrected chi connectivity index (χ0v) is 11.8. The fraction of sp³-hybridized carbons (Fsp3) is 0.600. The Bertz CT molecular complexity index is 495. The largest absolute Gasteiger partial charge is 0.478 e. The lowest BCUT2D eigenvalue weighted by atomic mass is 9.95. The van der Waals surface area contributed by atoms with Gasteiger partial charge in [-0.3, -0.25) is 0 Å². The molecule has 0 atom stereocenters. The van der Waals surface area contributed by atoms with E-state index in [4.69, 9.17) is 0 Å². The number of thioether (sulfide) groups is 1. The smallest absolute Gasteiger partial charge is 0.338 e. The van der Waals surface area contributed by atoms with Crippen molar-refractivity contribution < 1.29 is 9.90 Å². The Balaban J connectivity index is 1.93. The summed E-state index contributed by atoms with van der Waals surface area (Å²) < 4.78 is 0. The molecule has 3 nitrogen and oxygen atoms in total. The van der Waals surface area contributed by atoms with Crippen LogP contribution >= 0.6 is 11.8 Å². The number of nitrogens with zero attached hydrogens (tertiary/aromatic N) is 1. The summed E-state index contributed by atoms with van der Waals surface area (Å²) in [5, 5.41) is 10.7. The predicted molar refractivity (Wildman–Crippen MR) is 76.0 cm³/mol. The van der Waals surface area contributed by atoms with Crippen LogP contribution in [0.25, 0.3) is 0 Å². The van der Waals surface area contributed by atoms with E-state index >= 15 is 0 Å². The molecule has 2 aliphatic rings. The van der Waals surface area contributed by atoms with E-state index in [1.165, 1.54) is 32.1 Å². The van der Waals surface area contributed by atoms with E-state index < -0.39 is 5.97 Å². The number of aromatic nitrogens is 1. The van der Waals surface area contributed by atoms with Crippen LogP contribution in [0.1, 0.15) is 60.1 Å². The molecule has 1 fully saturated rings. The first-order valence-corrected chi connectivity index (χ1v) is 8.05. The first-order chi connectivity index (χ1) is 9.24. The quantitative estimate of drug-likeness (QED) is 0.915. The average molecular weight is 277 g/mol. The molecule has 102 valence electrons. The number of hydrogen-bond acceptors (Lipinski definition) is 3. The maximum Gasteiger partial charge on any atom is 0.338 e. The van der Waals surface area contributed by atoms with Crippen LogP contribution in [0.15, 0.2) is 11.1 Å². The zero-order chi connectivity index (χ0) is 13.2. The second kappa shape index (κ2) is 5.53. The second-order valence-corrected chi connectivity index (χ2v) is 6.77. The molecule has 0 saturated heterocycles. The highest BCUT2D eigenvalue weighted by Crippen LogP contribution is 2.36. The Hall–Kier alpha value is -1.03. The first-order valence-electron chi connectivity index (χ1n) is 7.17. The molecule has 3 rings (SSSR count). The van der Waals surface area contributed by atoms with E-state index in [0.29, 0.717) is 10.8 Å². The normalized spacial score (nSPS) is 19.4. The third-order valence-electron chi connectivity index (χ3n) is 4.08. The third kappa shape index (κ3) is 2.78. The summed E-state index contributed by atoms with van der Waals surface area (Å²) in [6.07, 6.45) is 9.26. The van der Waals surface area contributed by atoms with Crippen LogP contribution in [0.5, 0.6) is 0 Å². The van der Waals surface area contributed by atoms with Gasteiger partial charge in [0.2, 0.25) is 0 Å². The Morgan fingerprint density at radius 1 is 1.21 bits per heavy atom. The van der Waals surface area contributed by atoms with Crippen molar-refractivity contribution >= 4 is 17.7 Å². The molecule has 2 aliphatic carbocycles. The van der Waals surface area contributed by atoms with E-state index in [1.807, 2.05) is 6.07 Å². The van der Waals surface area contributed by atoms with Crippen molar-refractivity contribution in [1.82, 2.24) is 4.98 Å². The zero-order valence-electron chi connectivity index (χ0n) is 11.0. The number of aryl methyl sites for hydroxylation is 2. The van der Waals surface area contributed by atoms with Gasteiger partial charge in [-0.2, -0.15) is 0 Å². The number of rotatable bonds is 3. The lowest BCUT2D eigenvalue weighted by molar-refractivity contribution is 0.0692. The summed E-state index contributed by atoms with van der Waals surface area (Å²) in [5.74, 6) is -0.832. The molecule has 1 saturated carbocycles. The summed E-state index contributed by atoms with van der Waals surface area (Å²) in [5.41, 5.74) is 2.70. The molecule has 0 bridgehead atoms. The van der Waals surface area contributed by atoms with E-state index in [9.17, 15) is 9.90 Å². The number of hydrogen-bond donors (Lipinski definition) is 1. The van der Waals surface area contributed by atoms with Crippen LogP contribution in [-0.2, 0) is 12.8 Å². The minimum Gasteiger partial charge on any atom is -0.478 e. The van der Waals surface area contributed by atoms with Gasteiger partial charge in [0.15, 0.2) is 0 Å². The van der Waals surface area contributed by atoms with Gasteiger partial charge in [-0.25, -0.2) is 9.78 Å². The van der Waals surface area contributed by atoms with Crippen molar-refractivity contribution in [1.29, 1.82) is 0 Å². The monoisotopic (exact) mass is 277 g/mol. The molecular formula is C15H19NO2S. The van der Waals surface area contributed by atoms with E-state index in [-0.39, 0.29) is 0 Å². The van der Waals surface area contributed by atoms with Crippen LogP contribution in [0, 0.1) is 0 Å². The van der Waals surface area contributed by atoms with E-state index in [0.717, 1.165) is 35.5 Å². The maximum atomic E-state index is 11.4. The molecule has 1 aromatic heterocycles. The summed E-state index contributed by atoms with van der Waals surface area (Å²) in [7, 11) is 0. The molecule has 1 N–H and O–H groups in total. The Kier molecular flexibility index (Phi) is 3.78. The van der Waals surface area contributed by atoms with Crippen LogP contribution < -0.4 is 0 Å². The predicted octanol–water partition coefficient (Wildman–Crippen LogP) is 3.69. The van der Waals surface area contributed by atoms with Gasteiger partial charge >= 0.3 is 5.97 Å². The number of carboxylic acid groups (broad SMARTS) is 1. The van der Waals surface area contributed by atoms with Gasteiger partial charge in [0.25, 0.3) is 0 Å². The highest BCUT2D eigenvalue weighted by Gasteiger charge is 2.23. The Morgan fingerprint density at radius 3 is 2.68 bits per heavy atom. The van der Waals surface area contributed by atoms with E-state index in [2.05, 4.69) is 4.98 Å². The molecular weight excluding hydrogens is 258 g/mol. The van der Waals surface area contributed by atoms with Crippen molar-refractivity contribution in [2.75, 3.05) is 0 Å². The topological polar surface area (TPSA) is 50.2 Å². The second-order valence-electron chi connectivity index (χ2n) is 5.48. The number of pyridine rings is 1. The highest BCUT2D eigenvalue weighted by atomic mass is 32.2. The van der Waals surface area contributed by atoms with Gasteiger partial charge in [0.05, 0.1) is 5.56 Å². The van der Waals surface area contributed by atoms with Gasteiger partial charge in [0, 0.05) is 10.9 Å². The fourth-order valence-electron chi connectivity index (χ4n) is 3.02. The fourth-order valence-corrected chi connectivity index (χ4v) is 4.34. The maximum absolute atomic E-state index is 11.4. The number of aromatic carboxylic acids is 1. The molecule has 1 aromatic rings. The van der Waals surface area contributed by atoms with Crippen LogP contribution in [0.2, 0.25) is 0 Å². The van der Waals surface area contributed by atoms with E-state index in [1.54, 1.807) is 11.8 Å². The molecule has 0 aliphatic heterocycles. The van der Waals surface area contributed by atoms with Crippen LogP contribution in [0.3, 0.4) is 0 Å². The minimum atomic E-state index is -0.832. The van der Waals surface area contributed by atoms with Gasteiger partial charge < -0.3 is 5.11 Å². The summed E-state index contributed by atoms with van der Waals surface area (Å²) >= 11 is 1.69. The third-order valence-corrected chi connectivity index (χ3v) is 5.42. The average Bonchev–Trinajstić information content (AvgIpc) is 2.90. The lowest BCUT2D eigenvalue weighted by Gasteiger charge is -2.18. The SMILES string of the molecule is O=C(O)c1cc2c(nc1SC1CCCC1)CCCC2. The van der Waals surface area contributed by atoms with Crippen molar-refractivity contribution in [2.45, 2.75) is 61.6 Å². The molecule has 0 aromatic carbocycles. The highest BCUT2D eigenvalue weighted by molar-refractivity contribution is 7.99. The molecule has 0 spiro atoms. The van der Waals surface area contributed by atoms with Crippen molar-refractivity contribution in [3.05, 3.63) is 22.9 Å². The number of fused-ring (bicyclic) bond motifs is 1. The summed E-state index contributed by atoms with van der Waals surface area (Å²) in [6, 6.07) is 1.88. The van der Waals surface area contributed by atoms with Crippen LogP contribution in [-0.4, -0.2) is 21.3 Å². The molecule has 19 heavy (non-hydrogen) atoms. The molecule has 0 unspecified atom stereocenters. The Labute approximate surface area is 117 Å². The molecule has 0 radical (unpaired) electrons. The van der Waals surface area contributed by atoms with Crippen LogP contribution in [0.4, 0.5) is 0 Å². The number of carboxylic acids is 1. The lowest BCUT2D eigenvalue weighted by Crippen LogP contribution is -2.12. The Morgan fingerprint density at radius 2 is 1.95 bits per heavy atom. The number of carbonyl (C=O) groups is 1. The standard InChI is InChI=1S/C15H19NO2S/c17-15(18)12-9-10-5-1-4-8-13(10)16-14(12)19-11-6-2-3-7-11/h9,11H,1-8H2,(H,17,18). The van der Waals surface area contributed by atoms with Crippen molar-refractivity contribution in [3.63, 3.8) is 0 Å². The summed E-state index contributed by atoms with van der Waals surface area (Å²) in [6.45, 7) is 0. The van der Waals surface area contributed by atoms with Crippen molar-refractivity contribution in [3.8, 4) is 0 Å². The van der Waals surface area contributed by atoms with Gasteiger partial charge in [-0.15, -0.1) is 11.8 Å². The van der Waals surface area contributed by atoms with Gasteiger partial charge in [0.1, 0.15) is 5.03 Å². The minimum absolute atomic E-state index is 0.414. The molecule has 1 heterocycles. The first kappa shape index (κ1) is 13.0. The van der Waals surface area contributed by atoms with Gasteiger partial charge in [-0.1, -0.05) is 12.8 Å². The molecule has 0 amide bonds. The van der Waals surface area contributed by atoms with Crippen molar-refractivity contribution in [2.24, 2.45) is 0 Å². The summed E-state index contributed by atoms with van der Waals surface area (Å²) in [4.78, 5) is 16.1. The van der Waals surface area contributed by atoms with Gasteiger partial charge in [-0.05, 0) is 50.2 Å². The molecule has 4 heteroatoms.